The number of unbranched alkanes of at least 4 members (excludes halogenated alkanes) is 11. The van der Waals surface area contributed by atoms with Gasteiger partial charge >= 0.3 is 11.9 Å². The Kier molecular flexibility index (Phi) is 19.5. The van der Waals surface area contributed by atoms with Crippen LogP contribution in [-0.2, 0) is 14.3 Å². The maximum Gasteiger partial charge on any atom is 0.307 e. The third kappa shape index (κ3) is 18.1. The van der Waals surface area contributed by atoms with Crippen molar-refractivity contribution < 1.29 is 19.4 Å². The van der Waals surface area contributed by atoms with Gasteiger partial charge in [0.05, 0.1) is 18.9 Å². The number of carbonyl (C=O) groups excluding carboxylic acids is 1. The van der Waals surface area contributed by atoms with Gasteiger partial charge in [0.1, 0.15) is 0 Å². The molecule has 1 atom stereocenters. The molecule has 0 aliphatic heterocycles. The molecule has 4 nitrogen and oxygen atoms in total. The van der Waals surface area contributed by atoms with E-state index in [-0.39, 0.29) is 12.4 Å². The lowest BCUT2D eigenvalue weighted by Crippen LogP contribution is -2.19. The van der Waals surface area contributed by atoms with Crippen LogP contribution in [-0.4, -0.2) is 23.7 Å². The van der Waals surface area contributed by atoms with E-state index < -0.39 is 11.9 Å². The van der Waals surface area contributed by atoms with Crippen LogP contribution in [0.2, 0.25) is 0 Å². The minimum Gasteiger partial charge on any atom is -0.481 e. The van der Waals surface area contributed by atoms with Crippen LogP contribution in [0.1, 0.15) is 117 Å². The molecule has 0 saturated carbocycles. The van der Waals surface area contributed by atoms with Crippen LogP contribution in [0.15, 0.2) is 12.2 Å². The normalized spacial score (nSPS) is 12.4. The molecule has 4 heteroatoms. The number of esters is 1. The van der Waals surface area contributed by atoms with Gasteiger partial charge in [-0.2, -0.15) is 0 Å². The number of ether oxygens (including phenoxy) is 1. The van der Waals surface area contributed by atoms with Crippen molar-refractivity contribution in [3.8, 4) is 0 Å². The zero-order valence-electron chi connectivity index (χ0n) is 18.4. The predicted molar refractivity (Wildman–Crippen MR) is 116 cm³/mol. The average Bonchev–Trinajstić information content (AvgIpc) is 2.68. The first-order valence-electron chi connectivity index (χ1n) is 11.6. The minimum absolute atomic E-state index is 0.00310. The summed E-state index contributed by atoms with van der Waals surface area (Å²) >= 11 is 0. The van der Waals surface area contributed by atoms with E-state index in [1.807, 2.05) is 6.92 Å². The molecule has 0 saturated heterocycles. The van der Waals surface area contributed by atoms with Crippen molar-refractivity contribution in [3.05, 3.63) is 12.2 Å². The molecule has 0 spiro atoms. The lowest BCUT2D eigenvalue weighted by Gasteiger charge is -2.11. The van der Waals surface area contributed by atoms with Crippen molar-refractivity contribution in [2.75, 3.05) is 6.61 Å². The fraction of sp³-hybridized carbons (Fsp3) is 0.833. The van der Waals surface area contributed by atoms with Gasteiger partial charge in [-0.3, -0.25) is 9.59 Å². The second-order valence-corrected chi connectivity index (χ2v) is 7.83. The molecule has 0 aromatic carbocycles. The number of hydrogen-bond acceptors (Lipinski definition) is 3. The monoisotopic (exact) mass is 396 g/mol. The number of aliphatic carboxylic acids is 1. The molecule has 0 heterocycles. The Balaban J connectivity index is 3.50. The molecule has 0 radical (unpaired) electrons. The third-order valence-corrected chi connectivity index (χ3v) is 5.04. The van der Waals surface area contributed by atoms with Crippen molar-refractivity contribution in [1.29, 1.82) is 0 Å². The molecule has 0 aliphatic carbocycles. The topological polar surface area (TPSA) is 63.6 Å². The predicted octanol–water partition coefficient (Wildman–Crippen LogP) is 7.07. The summed E-state index contributed by atoms with van der Waals surface area (Å²) < 4.78 is 4.99. The van der Waals surface area contributed by atoms with Gasteiger partial charge in [0.25, 0.3) is 0 Å². The Morgan fingerprint density at radius 1 is 0.786 bits per heavy atom. The van der Waals surface area contributed by atoms with Gasteiger partial charge in [0, 0.05) is 0 Å². The van der Waals surface area contributed by atoms with E-state index in [1.165, 1.54) is 64.2 Å². The number of hydrogen-bond donors (Lipinski definition) is 1. The van der Waals surface area contributed by atoms with E-state index in [0.717, 1.165) is 25.7 Å². The Morgan fingerprint density at radius 3 is 1.86 bits per heavy atom. The van der Waals surface area contributed by atoms with Crippen LogP contribution in [0.5, 0.6) is 0 Å². The highest BCUT2D eigenvalue weighted by molar-refractivity contribution is 5.78. The highest BCUT2D eigenvalue weighted by Crippen LogP contribution is 2.17. The molecule has 0 bridgehead atoms. The minimum atomic E-state index is -0.881. The van der Waals surface area contributed by atoms with E-state index in [0.29, 0.717) is 13.0 Å². The third-order valence-electron chi connectivity index (χ3n) is 5.04. The van der Waals surface area contributed by atoms with Gasteiger partial charge in [-0.25, -0.2) is 0 Å². The summed E-state index contributed by atoms with van der Waals surface area (Å²) in [6.07, 6.45) is 21.9. The zero-order chi connectivity index (χ0) is 20.9. The Bertz CT molecular complexity index is 403. The van der Waals surface area contributed by atoms with Gasteiger partial charge in [-0.05, 0) is 32.1 Å². The summed E-state index contributed by atoms with van der Waals surface area (Å²) in [6.45, 7) is 4.53. The lowest BCUT2D eigenvalue weighted by molar-refractivity contribution is -0.151. The number of carboxylic acids is 1. The van der Waals surface area contributed by atoms with Crippen LogP contribution < -0.4 is 0 Å². The van der Waals surface area contributed by atoms with Gasteiger partial charge in [-0.15, -0.1) is 0 Å². The van der Waals surface area contributed by atoms with Crippen LogP contribution in [0.25, 0.3) is 0 Å². The Morgan fingerprint density at radius 2 is 1.32 bits per heavy atom. The van der Waals surface area contributed by atoms with E-state index >= 15 is 0 Å². The molecule has 0 rings (SSSR count). The molecular formula is C24H44O4. The first kappa shape index (κ1) is 26.7. The maximum atomic E-state index is 11.6. The molecule has 164 valence electrons. The molecule has 0 aromatic heterocycles. The SMILES string of the molecule is CCCC/C=C/CCCCCCCCCCCC(CC(=O)OCCC)C(=O)O. The summed E-state index contributed by atoms with van der Waals surface area (Å²) in [4.78, 5) is 22.9. The molecule has 0 amide bonds. The molecule has 0 aromatic rings. The van der Waals surface area contributed by atoms with E-state index in [1.54, 1.807) is 0 Å². The van der Waals surface area contributed by atoms with Gasteiger partial charge < -0.3 is 9.84 Å². The van der Waals surface area contributed by atoms with Crippen LogP contribution >= 0.6 is 0 Å². The summed E-state index contributed by atoms with van der Waals surface area (Å²) in [5.74, 6) is -1.86. The molecule has 0 fully saturated rings. The molecular weight excluding hydrogens is 352 g/mol. The molecule has 1 unspecified atom stereocenters. The second-order valence-electron chi connectivity index (χ2n) is 7.83. The zero-order valence-corrected chi connectivity index (χ0v) is 18.4. The summed E-state index contributed by atoms with van der Waals surface area (Å²) in [6, 6.07) is 0. The second kappa shape index (κ2) is 20.4. The maximum absolute atomic E-state index is 11.6. The van der Waals surface area contributed by atoms with E-state index in [2.05, 4.69) is 19.1 Å². The first-order valence-corrected chi connectivity index (χ1v) is 11.6. The largest absolute Gasteiger partial charge is 0.481 e. The molecule has 1 N–H and O–H groups in total. The van der Waals surface area contributed by atoms with Crippen LogP contribution in [0, 0.1) is 5.92 Å². The van der Waals surface area contributed by atoms with Gasteiger partial charge in [0.2, 0.25) is 0 Å². The fourth-order valence-corrected chi connectivity index (χ4v) is 3.24. The van der Waals surface area contributed by atoms with Crippen molar-refractivity contribution in [3.63, 3.8) is 0 Å². The summed E-state index contributed by atoms with van der Waals surface area (Å²) in [5, 5.41) is 9.25. The van der Waals surface area contributed by atoms with Crippen molar-refractivity contribution >= 4 is 11.9 Å². The highest BCUT2D eigenvalue weighted by Gasteiger charge is 2.21. The smallest absolute Gasteiger partial charge is 0.307 e. The number of rotatable bonds is 20. The van der Waals surface area contributed by atoms with E-state index in [9.17, 15) is 14.7 Å². The average molecular weight is 397 g/mol. The van der Waals surface area contributed by atoms with Crippen LogP contribution in [0.4, 0.5) is 0 Å². The van der Waals surface area contributed by atoms with Crippen LogP contribution in [0.3, 0.4) is 0 Å². The van der Waals surface area contributed by atoms with E-state index in [4.69, 9.17) is 4.74 Å². The van der Waals surface area contributed by atoms with Crippen molar-refractivity contribution in [2.45, 2.75) is 117 Å². The van der Waals surface area contributed by atoms with Gasteiger partial charge in [-0.1, -0.05) is 90.2 Å². The Hall–Kier alpha value is -1.32. The van der Waals surface area contributed by atoms with Crippen molar-refractivity contribution in [2.24, 2.45) is 5.92 Å². The first-order chi connectivity index (χ1) is 13.6. The molecule has 28 heavy (non-hydrogen) atoms. The van der Waals surface area contributed by atoms with Crippen molar-refractivity contribution in [1.82, 2.24) is 0 Å². The number of carbonyl (C=O) groups is 2. The summed E-state index contributed by atoms with van der Waals surface area (Å²) in [7, 11) is 0. The highest BCUT2D eigenvalue weighted by atomic mass is 16.5. The quantitative estimate of drug-likeness (QED) is 0.136. The molecule has 0 aliphatic rings. The van der Waals surface area contributed by atoms with Gasteiger partial charge in [0.15, 0.2) is 0 Å². The fourth-order valence-electron chi connectivity index (χ4n) is 3.24. The number of carboxylic acid groups (broad SMARTS) is 1. The summed E-state index contributed by atoms with van der Waals surface area (Å²) in [5.41, 5.74) is 0. The standard InChI is InChI=1S/C24H44O4/c1-3-5-6-7-8-9-10-11-12-13-14-15-16-17-18-19-22(24(26)27)21-23(25)28-20-4-2/h7-8,22H,3-6,9-21H2,1-2H3,(H,26,27)/b8-7+. The lowest BCUT2D eigenvalue weighted by atomic mass is 9.97. The Labute approximate surface area is 173 Å². The number of allylic oxidation sites excluding steroid dienone is 2.